The van der Waals surface area contributed by atoms with Gasteiger partial charge in [0, 0.05) is 5.69 Å². The minimum absolute atomic E-state index is 0.205. The lowest BCUT2D eigenvalue weighted by molar-refractivity contribution is -0.142. The molecule has 0 spiro atoms. The van der Waals surface area contributed by atoms with E-state index >= 15 is 0 Å². The van der Waals surface area contributed by atoms with Crippen LogP contribution in [0.1, 0.15) is 30.9 Å². The molecule has 0 amide bonds. The van der Waals surface area contributed by atoms with E-state index in [0.29, 0.717) is 12.3 Å². The van der Waals surface area contributed by atoms with Crippen LogP contribution in [0, 0.1) is 6.92 Å². The lowest BCUT2D eigenvalue weighted by atomic mass is 10.1. The number of esters is 1. The van der Waals surface area contributed by atoms with Crippen LogP contribution in [0.15, 0.2) is 18.2 Å². The van der Waals surface area contributed by atoms with Crippen LogP contribution in [-0.2, 0) is 16.0 Å². The first kappa shape index (κ1) is 12.6. The number of nitrogen functional groups attached to an aromatic ring is 1. The molecular formula is C13H19NO2. The number of hydrogen-bond donors (Lipinski definition) is 1. The quantitative estimate of drug-likeness (QED) is 0.472. The van der Waals surface area contributed by atoms with E-state index in [9.17, 15) is 4.79 Å². The molecule has 16 heavy (non-hydrogen) atoms. The van der Waals surface area contributed by atoms with Crippen LogP contribution < -0.4 is 5.73 Å². The van der Waals surface area contributed by atoms with Crippen molar-refractivity contribution in [1.82, 2.24) is 0 Å². The van der Waals surface area contributed by atoms with Crippen molar-refractivity contribution >= 4 is 11.7 Å². The standard InChI is InChI=1S/C13H19NO2/c1-3-4-7-16-13(15)9-11-6-5-10(2)8-12(11)14/h5-6,8H,3-4,7,9,14H2,1-2H3. The van der Waals surface area contributed by atoms with Crippen molar-refractivity contribution in [3.63, 3.8) is 0 Å². The molecule has 0 aromatic heterocycles. The van der Waals surface area contributed by atoms with Gasteiger partial charge in [-0.15, -0.1) is 0 Å². The molecule has 1 rings (SSSR count). The monoisotopic (exact) mass is 221 g/mol. The second-order valence-electron chi connectivity index (χ2n) is 3.95. The second kappa shape index (κ2) is 6.16. The highest BCUT2D eigenvalue weighted by Gasteiger charge is 2.07. The summed E-state index contributed by atoms with van der Waals surface area (Å²) >= 11 is 0. The highest BCUT2D eigenvalue weighted by molar-refractivity contribution is 5.75. The molecule has 0 bridgehead atoms. The highest BCUT2D eigenvalue weighted by atomic mass is 16.5. The number of carbonyl (C=O) groups is 1. The predicted octanol–water partition coefficient (Wildman–Crippen LogP) is 2.46. The van der Waals surface area contributed by atoms with Crippen molar-refractivity contribution in [2.45, 2.75) is 33.1 Å². The lowest BCUT2D eigenvalue weighted by Gasteiger charge is -2.07. The van der Waals surface area contributed by atoms with Gasteiger partial charge in [-0.2, -0.15) is 0 Å². The Morgan fingerprint density at radius 1 is 1.44 bits per heavy atom. The minimum Gasteiger partial charge on any atom is -0.465 e. The Balaban J connectivity index is 2.49. The maximum Gasteiger partial charge on any atom is 0.310 e. The van der Waals surface area contributed by atoms with Gasteiger partial charge in [-0.25, -0.2) is 0 Å². The van der Waals surface area contributed by atoms with Crippen molar-refractivity contribution < 1.29 is 9.53 Å². The fourth-order valence-corrected chi connectivity index (χ4v) is 1.41. The van der Waals surface area contributed by atoms with E-state index in [-0.39, 0.29) is 12.4 Å². The van der Waals surface area contributed by atoms with Crippen LogP contribution >= 0.6 is 0 Å². The zero-order valence-corrected chi connectivity index (χ0v) is 9.95. The Morgan fingerprint density at radius 2 is 2.19 bits per heavy atom. The molecule has 0 saturated heterocycles. The van der Waals surface area contributed by atoms with Gasteiger partial charge in [-0.1, -0.05) is 25.5 Å². The zero-order chi connectivity index (χ0) is 12.0. The number of nitrogens with two attached hydrogens (primary N) is 1. The SMILES string of the molecule is CCCCOC(=O)Cc1ccc(C)cc1N. The average molecular weight is 221 g/mol. The first-order valence-corrected chi connectivity index (χ1v) is 5.64. The lowest BCUT2D eigenvalue weighted by Crippen LogP contribution is -2.10. The Morgan fingerprint density at radius 3 is 2.81 bits per heavy atom. The smallest absolute Gasteiger partial charge is 0.310 e. The van der Waals surface area contributed by atoms with Crippen LogP contribution in [0.25, 0.3) is 0 Å². The number of carbonyl (C=O) groups excluding carboxylic acids is 1. The van der Waals surface area contributed by atoms with Crippen molar-refractivity contribution in [3.8, 4) is 0 Å². The Labute approximate surface area is 96.6 Å². The van der Waals surface area contributed by atoms with Crippen molar-refractivity contribution in [2.24, 2.45) is 0 Å². The topological polar surface area (TPSA) is 52.3 Å². The Bertz CT molecular complexity index is 361. The number of aryl methyl sites for hydroxylation is 1. The molecule has 3 nitrogen and oxygen atoms in total. The third-order valence-corrected chi connectivity index (χ3v) is 2.40. The molecule has 0 heterocycles. The van der Waals surface area contributed by atoms with Crippen LogP contribution in [-0.4, -0.2) is 12.6 Å². The second-order valence-corrected chi connectivity index (χ2v) is 3.95. The molecule has 0 unspecified atom stereocenters. The predicted molar refractivity (Wildman–Crippen MR) is 65.2 cm³/mol. The number of ether oxygens (including phenoxy) is 1. The maximum absolute atomic E-state index is 11.4. The number of hydrogen-bond acceptors (Lipinski definition) is 3. The molecule has 88 valence electrons. The van der Waals surface area contributed by atoms with E-state index in [1.165, 1.54) is 0 Å². The summed E-state index contributed by atoms with van der Waals surface area (Å²) in [5.41, 5.74) is 8.41. The molecule has 0 fully saturated rings. The van der Waals surface area contributed by atoms with Crippen molar-refractivity contribution in [2.75, 3.05) is 12.3 Å². The summed E-state index contributed by atoms with van der Waals surface area (Å²) in [5.74, 6) is -0.205. The molecule has 0 aliphatic rings. The van der Waals surface area contributed by atoms with Gasteiger partial charge in [0.15, 0.2) is 0 Å². The third-order valence-electron chi connectivity index (χ3n) is 2.40. The van der Waals surface area contributed by atoms with Crippen molar-refractivity contribution in [1.29, 1.82) is 0 Å². The zero-order valence-electron chi connectivity index (χ0n) is 9.95. The van der Waals surface area contributed by atoms with Gasteiger partial charge in [0.1, 0.15) is 0 Å². The summed E-state index contributed by atoms with van der Waals surface area (Å²) in [6, 6.07) is 5.70. The Hall–Kier alpha value is -1.51. The molecule has 2 N–H and O–H groups in total. The van der Waals surface area contributed by atoms with Crippen LogP contribution in [0.2, 0.25) is 0 Å². The first-order chi connectivity index (χ1) is 7.63. The minimum atomic E-state index is -0.205. The van der Waals surface area contributed by atoms with Gasteiger partial charge in [0.25, 0.3) is 0 Å². The normalized spacial score (nSPS) is 10.1. The summed E-state index contributed by atoms with van der Waals surface area (Å²) in [5, 5.41) is 0. The van der Waals surface area contributed by atoms with E-state index in [0.717, 1.165) is 24.0 Å². The number of anilines is 1. The highest BCUT2D eigenvalue weighted by Crippen LogP contribution is 2.14. The largest absolute Gasteiger partial charge is 0.465 e. The van der Waals surface area contributed by atoms with Gasteiger partial charge in [0.2, 0.25) is 0 Å². The molecule has 0 aliphatic carbocycles. The summed E-state index contributed by atoms with van der Waals surface area (Å²) in [7, 11) is 0. The van der Waals surface area contributed by atoms with Crippen LogP contribution in [0.5, 0.6) is 0 Å². The van der Waals surface area contributed by atoms with Gasteiger partial charge in [-0.3, -0.25) is 4.79 Å². The maximum atomic E-state index is 11.4. The van der Waals surface area contributed by atoms with E-state index in [4.69, 9.17) is 10.5 Å². The average Bonchev–Trinajstić information content (AvgIpc) is 2.23. The summed E-state index contributed by atoms with van der Waals surface area (Å²) in [6.45, 7) is 4.53. The van der Waals surface area contributed by atoms with Crippen molar-refractivity contribution in [3.05, 3.63) is 29.3 Å². The summed E-state index contributed by atoms with van der Waals surface area (Å²) < 4.78 is 5.08. The fraction of sp³-hybridized carbons (Fsp3) is 0.462. The molecule has 1 aromatic carbocycles. The fourth-order valence-electron chi connectivity index (χ4n) is 1.41. The summed E-state index contributed by atoms with van der Waals surface area (Å²) in [6.07, 6.45) is 2.20. The molecule has 3 heteroatoms. The molecule has 0 radical (unpaired) electrons. The molecule has 0 saturated carbocycles. The van der Waals surface area contributed by atoms with Gasteiger partial charge in [-0.05, 0) is 30.5 Å². The number of rotatable bonds is 5. The Kier molecular flexibility index (Phi) is 4.83. The van der Waals surface area contributed by atoms with Gasteiger partial charge in [0.05, 0.1) is 13.0 Å². The molecule has 1 aromatic rings. The van der Waals surface area contributed by atoms with Gasteiger partial charge < -0.3 is 10.5 Å². The molecule has 0 atom stereocenters. The van der Waals surface area contributed by atoms with E-state index < -0.39 is 0 Å². The first-order valence-electron chi connectivity index (χ1n) is 5.64. The number of benzene rings is 1. The van der Waals surface area contributed by atoms with E-state index in [1.54, 1.807) is 0 Å². The number of unbranched alkanes of at least 4 members (excludes halogenated alkanes) is 1. The van der Waals surface area contributed by atoms with E-state index in [1.807, 2.05) is 25.1 Å². The van der Waals surface area contributed by atoms with Crippen LogP contribution in [0.3, 0.4) is 0 Å². The molecular weight excluding hydrogens is 202 g/mol. The van der Waals surface area contributed by atoms with Gasteiger partial charge >= 0.3 is 5.97 Å². The molecule has 0 aliphatic heterocycles. The van der Waals surface area contributed by atoms with Crippen LogP contribution in [0.4, 0.5) is 5.69 Å². The van der Waals surface area contributed by atoms with E-state index in [2.05, 4.69) is 6.92 Å². The third kappa shape index (κ3) is 3.93. The summed E-state index contributed by atoms with van der Waals surface area (Å²) in [4.78, 5) is 11.4.